The Balaban J connectivity index is 2.28. The molecule has 0 aliphatic carbocycles. The highest BCUT2D eigenvalue weighted by Crippen LogP contribution is 2.33. The van der Waals surface area contributed by atoms with Crippen molar-refractivity contribution in [1.82, 2.24) is 0 Å². The number of phenols is 1. The van der Waals surface area contributed by atoms with Crippen LogP contribution in [0.15, 0.2) is 30.3 Å². The van der Waals surface area contributed by atoms with Gasteiger partial charge >= 0.3 is 0 Å². The van der Waals surface area contributed by atoms with Crippen LogP contribution in [0.1, 0.15) is 18.5 Å². The van der Waals surface area contributed by atoms with Crippen molar-refractivity contribution in [2.75, 3.05) is 12.4 Å². The number of nitrogens with one attached hydrogen (secondary N) is 1. The molecule has 0 saturated carbocycles. The molecule has 0 fully saturated rings. The molecule has 0 heterocycles. The average molecular weight is 314 g/mol. The van der Waals surface area contributed by atoms with E-state index in [0.717, 1.165) is 17.7 Å². The Labute approximate surface area is 126 Å². The molecule has 0 aromatic heterocycles. The highest BCUT2D eigenvalue weighted by molar-refractivity contribution is 6.33. The summed E-state index contributed by atoms with van der Waals surface area (Å²) in [5.74, 6) is -1.18. The molecular weight excluding hydrogens is 300 g/mol. The Hall–Kier alpha value is -2.01. The number of benzene rings is 2. The van der Waals surface area contributed by atoms with E-state index in [0.29, 0.717) is 5.75 Å². The van der Waals surface area contributed by atoms with E-state index in [1.165, 1.54) is 13.2 Å². The molecule has 0 bridgehead atoms. The number of methoxy groups -OCH3 is 1. The average Bonchev–Trinajstić information content (AvgIpc) is 2.43. The predicted octanol–water partition coefficient (Wildman–Crippen LogP) is 4.51. The normalized spacial score (nSPS) is 12.0. The van der Waals surface area contributed by atoms with E-state index < -0.39 is 11.6 Å². The fraction of sp³-hybridized carbons (Fsp3) is 0.200. The van der Waals surface area contributed by atoms with Gasteiger partial charge in [0.25, 0.3) is 0 Å². The number of hydrogen-bond donors (Lipinski definition) is 2. The highest BCUT2D eigenvalue weighted by atomic mass is 35.5. The molecule has 0 aliphatic rings. The molecule has 0 amide bonds. The van der Waals surface area contributed by atoms with Crippen molar-refractivity contribution in [1.29, 1.82) is 0 Å². The van der Waals surface area contributed by atoms with Crippen molar-refractivity contribution in [2.45, 2.75) is 13.0 Å². The molecular formula is C15H14ClF2NO2. The first-order valence-electron chi connectivity index (χ1n) is 6.20. The van der Waals surface area contributed by atoms with Gasteiger partial charge in [-0.25, -0.2) is 8.78 Å². The van der Waals surface area contributed by atoms with Crippen molar-refractivity contribution >= 4 is 17.3 Å². The number of anilines is 1. The third-order valence-corrected chi connectivity index (χ3v) is 3.37. The largest absolute Gasteiger partial charge is 0.504 e. The molecule has 1 unspecified atom stereocenters. The Morgan fingerprint density at radius 2 is 1.95 bits per heavy atom. The topological polar surface area (TPSA) is 41.5 Å². The first-order chi connectivity index (χ1) is 9.92. The molecule has 6 heteroatoms. The highest BCUT2D eigenvalue weighted by Gasteiger charge is 2.15. The second-order valence-electron chi connectivity index (χ2n) is 4.54. The van der Waals surface area contributed by atoms with Gasteiger partial charge < -0.3 is 15.2 Å². The van der Waals surface area contributed by atoms with Gasteiger partial charge in [0.1, 0.15) is 5.82 Å². The predicted molar refractivity (Wildman–Crippen MR) is 78.1 cm³/mol. The Morgan fingerprint density at radius 1 is 1.24 bits per heavy atom. The lowest BCUT2D eigenvalue weighted by Gasteiger charge is -2.18. The smallest absolute Gasteiger partial charge is 0.160 e. The maximum absolute atomic E-state index is 13.7. The molecule has 1 atom stereocenters. The molecule has 0 radical (unpaired) electrons. The van der Waals surface area contributed by atoms with E-state index in [4.69, 9.17) is 16.3 Å². The van der Waals surface area contributed by atoms with Gasteiger partial charge in [0, 0.05) is 12.1 Å². The second-order valence-corrected chi connectivity index (χ2v) is 4.95. The summed E-state index contributed by atoms with van der Waals surface area (Å²) in [7, 11) is 1.44. The first kappa shape index (κ1) is 15.4. The van der Waals surface area contributed by atoms with E-state index in [9.17, 15) is 13.9 Å². The molecule has 3 nitrogen and oxygen atoms in total. The lowest BCUT2D eigenvalue weighted by Crippen LogP contribution is -2.09. The van der Waals surface area contributed by atoms with Gasteiger partial charge in [0.05, 0.1) is 17.8 Å². The van der Waals surface area contributed by atoms with Gasteiger partial charge in [0.2, 0.25) is 0 Å². The fourth-order valence-electron chi connectivity index (χ4n) is 1.94. The minimum Gasteiger partial charge on any atom is -0.504 e. The van der Waals surface area contributed by atoms with Crippen LogP contribution >= 0.6 is 11.6 Å². The maximum Gasteiger partial charge on any atom is 0.160 e. The summed E-state index contributed by atoms with van der Waals surface area (Å²) in [4.78, 5) is 0. The zero-order valence-corrected chi connectivity index (χ0v) is 12.2. The Kier molecular flexibility index (Phi) is 4.53. The van der Waals surface area contributed by atoms with Crippen LogP contribution in [0.4, 0.5) is 14.5 Å². The quantitative estimate of drug-likeness (QED) is 0.873. The lowest BCUT2D eigenvalue weighted by atomic mass is 10.1. The molecule has 2 aromatic carbocycles. The SMILES string of the molecule is COc1cc(C(C)Nc2c(F)cc(F)cc2Cl)ccc1O. The van der Waals surface area contributed by atoms with Crippen molar-refractivity contribution in [3.05, 3.63) is 52.6 Å². The summed E-state index contributed by atoms with van der Waals surface area (Å²) in [5, 5.41) is 12.4. The molecule has 2 rings (SSSR count). The fourth-order valence-corrected chi connectivity index (χ4v) is 2.19. The standard InChI is InChI=1S/C15H14ClF2NO2/c1-8(9-3-4-13(20)14(5-9)21-2)19-15-11(16)6-10(17)7-12(15)18/h3-8,19-20H,1-2H3. The van der Waals surface area contributed by atoms with Gasteiger partial charge in [-0.15, -0.1) is 0 Å². The van der Waals surface area contributed by atoms with Gasteiger partial charge in [-0.3, -0.25) is 0 Å². The first-order valence-corrected chi connectivity index (χ1v) is 6.58. The molecule has 2 N–H and O–H groups in total. The van der Waals surface area contributed by atoms with Gasteiger partial charge in [-0.05, 0) is 30.7 Å². The number of halogens is 3. The third-order valence-electron chi connectivity index (χ3n) is 3.07. The minimum absolute atomic E-state index is 0.0134. The summed E-state index contributed by atoms with van der Waals surface area (Å²) >= 11 is 5.84. The number of rotatable bonds is 4. The van der Waals surface area contributed by atoms with Gasteiger partial charge in [-0.1, -0.05) is 17.7 Å². The summed E-state index contributed by atoms with van der Waals surface area (Å²) in [6, 6.07) is 6.26. The van der Waals surface area contributed by atoms with Crippen LogP contribution < -0.4 is 10.1 Å². The van der Waals surface area contributed by atoms with Crippen LogP contribution in [0.25, 0.3) is 0 Å². The van der Waals surface area contributed by atoms with Crippen molar-refractivity contribution in [3.8, 4) is 11.5 Å². The zero-order chi connectivity index (χ0) is 15.6. The van der Waals surface area contributed by atoms with Crippen LogP contribution in [0.2, 0.25) is 5.02 Å². The third kappa shape index (κ3) is 3.36. The van der Waals surface area contributed by atoms with E-state index in [1.54, 1.807) is 19.1 Å². The monoisotopic (exact) mass is 313 g/mol. The summed E-state index contributed by atoms with van der Waals surface area (Å²) in [6.45, 7) is 1.78. The Bertz CT molecular complexity index is 641. The van der Waals surface area contributed by atoms with Gasteiger partial charge in [0.15, 0.2) is 17.3 Å². The Morgan fingerprint density at radius 3 is 2.57 bits per heavy atom. The van der Waals surface area contributed by atoms with Crippen LogP contribution in [-0.4, -0.2) is 12.2 Å². The molecule has 21 heavy (non-hydrogen) atoms. The van der Waals surface area contributed by atoms with E-state index >= 15 is 0 Å². The minimum atomic E-state index is -0.766. The van der Waals surface area contributed by atoms with Crippen LogP contribution in [0.5, 0.6) is 11.5 Å². The van der Waals surface area contributed by atoms with E-state index in [1.807, 2.05) is 0 Å². The molecule has 0 saturated heterocycles. The molecule has 0 spiro atoms. The van der Waals surface area contributed by atoms with Gasteiger partial charge in [-0.2, -0.15) is 0 Å². The second kappa shape index (κ2) is 6.18. The molecule has 112 valence electrons. The van der Waals surface area contributed by atoms with E-state index in [2.05, 4.69) is 5.32 Å². The number of phenolic OH excluding ortho intramolecular Hbond substituents is 1. The summed E-state index contributed by atoms with van der Waals surface area (Å²) in [5.41, 5.74) is 0.780. The summed E-state index contributed by atoms with van der Waals surface area (Å²) in [6.07, 6.45) is 0. The van der Waals surface area contributed by atoms with Crippen LogP contribution in [0.3, 0.4) is 0 Å². The number of ether oxygens (including phenoxy) is 1. The van der Waals surface area contributed by atoms with Crippen molar-refractivity contribution < 1.29 is 18.6 Å². The zero-order valence-electron chi connectivity index (χ0n) is 11.5. The van der Waals surface area contributed by atoms with Crippen LogP contribution in [0, 0.1) is 11.6 Å². The van der Waals surface area contributed by atoms with Crippen LogP contribution in [-0.2, 0) is 0 Å². The van der Waals surface area contributed by atoms with E-state index in [-0.39, 0.29) is 22.5 Å². The molecule has 0 aliphatic heterocycles. The van der Waals surface area contributed by atoms with Crippen molar-refractivity contribution in [3.63, 3.8) is 0 Å². The number of hydrogen-bond acceptors (Lipinski definition) is 3. The van der Waals surface area contributed by atoms with Crippen molar-refractivity contribution in [2.24, 2.45) is 0 Å². The lowest BCUT2D eigenvalue weighted by molar-refractivity contribution is 0.373. The summed E-state index contributed by atoms with van der Waals surface area (Å²) < 4.78 is 31.8. The maximum atomic E-state index is 13.7. The number of aromatic hydroxyl groups is 1. The molecule has 2 aromatic rings.